The fourth-order valence-electron chi connectivity index (χ4n) is 6.17. The third kappa shape index (κ3) is 2.65. The first kappa shape index (κ1) is 16.0. The van der Waals surface area contributed by atoms with Crippen LogP contribution in [0.15, 0.2) is 35.1 Å². The molecule has 2 heterocycles. The Bertz CT molecular complexity index is 778. The molecule has 2 aromatic rings. The van der Waals surface area contributed by atoms with Crippen LogP contribution in [0, 0.1) is 23.2 Å². The molecule has 0 spiro atoms. The molecule has 4 fully saturated rings. The molecule has 5 heteroatoms. The number of carbonyl (C=O) groups is 1. The number of carbonyl (C=O) groups excluding carboxylic acids is 1. The Balaban J connectivity index is 1.31. The highest BCUT2D eigenvalue weighted by molar-refractivity contribution is 5.93. The second-order valence-corrected chi connectivity index (χ2v) is 8.79. The predicted molar refractivity (Wildman–Crippen MR) is 97.3 cm³/mol. The van der Waals surface area contributed by atoms with Crippen LogP contribution in [-0.2, 0) is 0 Å². The fraction of sp³-hybridized carbons (Fsp3) is 0.571. The summed E-state index contributed by atoms with van der Waals surface area (Å²) in [4.78, 5) is 16.7. The molecule has 136 valence electrons. The molecule has 0 saturated heterocycles. The quantitative estimate of drug-likeness (QED) is 0.901. The number of rotatable bonds is 4. The van der Waals surface area contributed by atoms with Gasteiger partial charge in [0.2, 0.25) is 0 Å². The van der Waals surface area contributed by atoms with Gasteiger partial charge in [-0.3, -0.25) is 9.78 Å². The normalized spacial score (nSPS) is 33.2. The van der Waals surface area contributed by atoms with Crippen molar-refractivity contribution in [1.82, 2.24) is 15.5 Å². The van der Waals surface area contributed by atoms with E-state index >= 15 is 0 Å². The van der Waals surface area contributed by atoms with Crippen LogP contribution in [0.4, 0.5) is 0 Å². The Hall–Kier alpha value is -2.17. The van der Waals surface area contributed by atoms with Gasteiger partial charge in [-0.1, -0.05) is 5.16 Å². The Labute approximate surface area is 153 Å². The van der Waals surface area contributed by atoms with E-state index in [0.717, 1.165) is 23.3 Å². The zero-order valence-corrected chi connectivity index (χ0v) is 15.1. The smallest absolute Gasteiger partial charge is 0.273 e. The molecular weight excluding hydrogens is 326 g/mol. The lowest BCUT2D eigenvalue weighted by molar-refractivity contribution is -0.0688. The van der Waals surface area contributed by atoms with Crippen LogP contribution in [0.5, 0.6) is 0 Å². The molecule has 4 aliphatic rings. The first-order valence-electron chi connectivity index (χ1n) is 9.79. The van der Waals surface area contributed by atoms with Crippen LogP contribution in [0.2, 0.25) is 0 Å². The Kier molecular flexibility index (Phi) is 3.66. The standard InChI is InChI=1S/C21H25N3O2/c1-13(21-10-14-6-15(11-21)8-16(7-14)12-21)23-20(25)18-9-19(26-24-18)17-2-4-22-5-3-17/h2-5,9,13-16H,6-8,10-12H2,1H3,(H,23,25). The molecule has 0 aromatic carbocycles. The summed E-state index contributed by atoms with van der Waals surface area (Å²) in [6.45, 7) is 2.19. The number of pyridine rings is 1. The number of hydrogen-bond donors (Lipinski definition) is 1. The molecule has 1 N–H and O–H groups in total. The average molecular weight is 351 g/mol. The molecule has 2 aromatic heterocycles. The molecule has 4 aliphatic carbocycles. The monoisotopic (exact) mass is 351 g/mol. The number of aromatic nitrogens is 2. The minimum absolute atomic E-state index is 0.127. The van der Waals surface area contributed by atoms with E-state index in [2.05, 4.69) is 22.4 Å². The van der Waals surface area contributed by atoms with Crippen molar-refractivity contribution in [2.24, 2.45) is 23.2 Å². The van der Waals surface area contributed by atoms with Crippen LogP contribution in [0.1, 0.15) is 55.9 Å². The van der Waals surface area contributed by atoms with Crippen LogP contribution in [-0.4, -0.2) is 22.1 Å². The van der Waals surface area contributed by atoms with Crippen LogP contribution >= 0.6 is 0 Å². The van der Waals surface area contributed by atoms with Crippen LogP contribution in [0.3, 0.4) is 0 Å². The van der Waals surface area contributed by atoms with Gasteiger partial charge in [0.05, 0.1) is 0 Å². The summed E-state index contributed by atoms with van der Waals surface area (Å²) < 4.78 is 5.36. The minimum atomic E-state index is -0.127. The van der Waals surface area contributed by atoms with Crippen LogP contribution < -0.4 is 5.32 Å². The number of hydrogen-bond acceptors (Lipinski definition) is 4. The van der Waals surface area contributed by atoms with Crippen molar-refractivity contribution in [1.29, 1.82) is 0 Å². The van der Waals surface area contributed by atoms with Crippen molar-refractivity contribution >= 4 is 5.91 Å². The van der Waals surface area contributed by atoms with Gasteiger partial charge in [0, 0.05) is 30.1 Å². The molecule has 1 unspecified atom stereocenters. The van der Waals surface area contributed by atoms with E-state index in [-0.39, 0.29) is 11.9 Å². The maximum Gasteiger partial charge on any atom is 0.273 e. The maximum atomic E-state index is 12.7. The highest BCUT2D eigenvalue weighted by Gasteiger charge is 2.53. The van der Waals surface area contributed by atoms with Gasteiger partial charge in [0.1, 0.15) is 0 Å². The summed E-state index contributed by atoms with van der Waals surface area (Å²) in [6.07, 6.45) is 11.5. The molecule has 1 amide bonds. The topological polar surface area (TPSA) is 68.0 Å². The van der Waals surface area contributed by atoms with Gasteiger partial charge < -0.3 is 9.84 Å². The molecule has 5 nitrogen and oxygen atoms in total. The summed E-state index contributed by atoms with van der Waals surface area (Å²) >= 11 is 0. The van der Waals surface area contributed by atoms with Crippen LogP contribution in [0.25, 0.3) is 11.3 Å². The highest BCUT2D eigenvalue weighted by atomic mass is 16.5. The van der Waals surface area contributed by atoms with Crippen molar-refractivity contribution in [3.8, 4) is 11.3 Å². The first-order chi connectivity index (χ1) is 12.6. The first-order valence-corrected chi connectivity index (χ1v) is 9.79. The minimum Gasteiger partial charge on any atom is -0.355 e. The van der Waals surface area contributed by atoms with E-state index in [1.54, 1.807) is 18.5 Å². The van der Waals surface area contributed by atoms with Crippen molar-refractivity contribution in [2.45, 2.75) is 51.5 Å². The predicted octanol–water partition coefficient (Wildman–Crippen LogP) is 4.07. The summed E-state index contributed by atoms with van der Waals surface area (Å²) in [6, 6.07) is 5.60. The van der Waals surface area contributed by atoms with Gasteiger partial charge in [-0.25, -0.2) is 0 Å². The molecule has 0 aliphatic heterocycles. The van der Waals surface area contributed by atoms with E-state index in [0.29, 0.717) is 16.9 Å². The zero-order chi connectivity index (χ0) is 17.7. The Morgan fingerprint density at radius 2 is 1.77 bits per heavy atom. The summed E-state index contributed by atoms with van der Waals surface area (Å²) in [5.74, 6) is 3.11. The van der Waals surface area contributed by atoms with Gasteiger partial charge in [0.25, 0.3) is 5.91 Å². The molecule has 0 radical (unpaired) electrons. The number of nitrogens with zero attached hydrogens (tertiary/aromatic N) is 2. The fourth-order valence-corrected chi connectivity index (χ4v) is 6.17. The summed E-state index contributed by atoms with van der Waals surface area (Å²) in [7, 11) is 0. The Morgan fingerprint density at radius 1 is 1.15 bits per heavy atom. The second-order valence-electron chi connectivity index (χ2n) is 8.79. The van der Waals surface area contributed by atoms with Crippen molar-refractivity contribution in [3.05, 3.63) is 36.3 Å². The van der Waals surface area contributed by atoms with Crippen molar-refractivity contribution < 1.29 is 9.32 Å². The second kappa shape index (κ2) is 5.93. The summed E-state index contributed by atoms with van der Waals surface area (Å²) in [5.41, 5.74) is 1.52. The highest BCUT2D eigenvalue weighted by Crippen LogP contribution is 2.61. The number of amides is 1. The van der Waals surface area contributed by atoms with Gasteiger partial charge >= 0.3 is 0 Å². The lowest BCUT2D eigenvalue weighted by Gasteiger charge is -2.59. The van der Waals surface area contributed by atoms with Gasteiger partial charge in [0.15, 0.2) is 11.5 Å². The van der Waals surface area contributed by atoms with E-state index in [1.807, 2.05) is 12.1 Å². The number of nitrogens with one attached hydrogen (secondary N) is 1. The van der Waals surface area contributed by atoms with Gasteiger partial charge in [-0.2, -0.15) is 0 Å². The lowest BCUT2D eigenvalue weighted by atomic mass is 9.48. The summed E-state index contributed by atoms with van der Waals surface area (Å²) in [5, 5.41) is 7.23. The van der Waals surface area contributed by atoms with E-state index in [9.17, 15) is 4.79 Å². The van der Waals surface area contributed by atoms with Gasteiger partial charge in [-0.05, 0) is 80.8 Å². The van der Waals surface area contributed by atoms with E-state index < -0.39 is 0 Å². The molecular formula is C21H25N3O2. The van der Waals surface area contributed by atoms with Gasteiger partial charge in [-0.15, -0.1) is 0 Å². The molecule has 6 rings (SSSR count). The zero-order valence-electron chi connectivity index (χ0n) is 15.1. The van der Waals surface area contributed by atoms with E-state index in [4.69, 9.17) is 4.52 Å². The molecule has 4 saturated carbocycles. The average Bonchev–Trinajstić information content (AvgIpc) is 3.11. The maximum absolute atomic E-state index is 12.7. The third-order valence-corrected chi connectivity index (χ3v) is 7.06. The largest absolute Gasteiger partial charge is 0.355 e. The third-order valence-electron chi connectivity index (χ3n) is 7.06. The van der Waals surface area contributed by atoms with Crippen molar-refractivity contribution in [3.63, 3.8) is 0 Å². The molecule has 1 atom stereocenters. The molecule has 26 heavy (non-hydrogen) atoms. The SMILES string of the molecule is CC(NC(=O)c1cc(-c2ccncc2)on1)C12CC3CC(CC(C3)C1)C2. The van der Waals surface area contributed by atoms with E-state index in [1.165, 1.54) is 38.5 Å². The lowest BCUT2D eigenvalue weighted by Crippen LogP contribution is -2.55. The molecule has 4 bridgehead atoms. The van der Waals surface area contributed by atoms with Crippen molar-refractivity contribution in [2.75, 3.05) is 0 Å². The Morgan fingerprint density at radius 3 is 2.38 bits per heavy atom.